The molecule has 1 aromatic rings. The molecule has 2 rings (SSSR count). The van der Waals surface area contributed by atoms with E-state index in [1.165, 1.54) is 0 Å². The normalized spacial score (nSPS) is 16.3. The van der Waals surface area contributed by atoms with E-state index in [1.54, 1.807) is 17.0 Å². The first-order chi connectivity index (χ1) is 9.88. The average Bonchev–Trinajstić information content (AvgIpc) is 2.45. The summed E-state index contributed by atoms with van der Waals surface area (Å²) in [5.74, 6) is -0.266. The van der Waals surface area contributed by atoms with Gasteiger partial charge in [-0.15, -0.1) is 0 Å². The van der Waals surface area contributed by atoms with Crippen molar-refractivity contribution in [1.82, 2.24) is 9.88 Å². The van der Waals surface area contributed by atoms with Gasteiger partial charge in [-0.1, -0.05) is 25.4 Å². The molecule has 1 aliphatic heterocycles. The lowest BCUT2D eigenvalue weighted by molar-refractivity contribution is -0.123. The third-order valence-corrected chi connectivity index (χ3v) is 4.03. The molecular formula is C15H20ClN3O2. The standard InChI is InChI=1S/C15H20ClN3O2/c1-9(2)12-7-11(8-13(16)18-12)15(21)19-5-3-10(4-6-19)14(17)20/h7-10H,3-6H2,1-2H3,(H2,17,20). The van der Waals surface area contributed by atoms with Gasteiger partial charge in [0, 0.05) is 30.3 Å². The maximum atomic E-state index is 12.5. The zero-order valence-electron chi connectivity index (χ0n) is 12.3. The Bertz CT molecular complexity index is 552. The lowest BCUT2D eigenvalue weighted by Crippen LogP contribution is -2.41. The summed E-state index contributed by atoms with van der Waals surface area (Å²) in [6.07, 6.45) is 1.24. The van der Waals surface area contributed by atoms with Crippen LogP contribution in [0.15, 0.2) is 12.1 Å². The summed E-state index contributed by atoms with van der Waals surface area (Å²) in [6, 6.07) is 3.38. The number of likely N-dealkylation sites (tertiary alicyclic amines) is 1. The van der Waals surface area contributed by atoms with Crippen LogP contribution >= 0.6 is 11.6 Å². The molecule has 5 nitrogen and oxygen atoms in total. The topological polar surface area (TPSA) is 76.3 Å². The van der Waals surface area contributed by atoms with Gasteiger partial charge in [-0.3, -0.25) is 9.59 Å². The Hall–Kier alpha value is -1.62. The maximum Gasteiger partial charge on any atom is 0.254 e. The van der Waals surface area contributed by atoms with E-state index in [9.17, 15) is 9.59 Å². The van der Waals surface area contributed by atoms with Crippen molar-refractivity contribution < 1.29 is 9.59 Å². The van der Waals surface area contributed by atoms with Crippen LogP contribution in [0.5, 0.6) is 0 Å². The summed E-state index contributed by atoms with van der Waals surface area (Å²) in [5, 5.41) is 0.330. The van der Waals surface area contributed by atoms with Crippen LogP contribution in [-0.2, 0) is 4.79 Å². The Morgan fingerprint density at radius 1 is 1.33 bits per heavy atom. The van der Waals surface area contributed by atoms with E-state index in [1.807, 2.05) is 13.8 Å². The minimum atomic E-state index is -0.281. The highest BCUT2D eigenvalue weighted by atomic mass is 35.5. The summed E-state index contributed by atoms with van der Waals surface area (Å²) < 4.78 is 0. The van der Waals surface area contributed by atoms with E-state index in [0.29, 0.717) is 36.6 Å². The summed E-state index contributed by atoms with van der Waals surface area (Å²) in [4.78, 5) is 29.7. The molecule has 1 fully saturated rings. The molecule has 1 saturated heterocycles. The van der Waals surface area contributed by atoms with Crippen LogP contribution in [0.2, 0.25) is 5.15 Å². The van der Waals surface area contributed by atoms with Gasteiger partial charge >= 0.3 is 0 Å². The van der Waals surface area contributed by atoms with Gasteiger partial charge in [0.1, 0.15) is 5.15 Å². The third kappa shape index (κ3) is 3.73. The fourth-order valence-corrected chi connectivity index (χ4v) is 2.70. The Morgan fingerprint density at radius 2 is 1.95 bits per heavy atom. The van der Waals surface area contributed by atoms with Crippen LogP contribution in [0, 0.1) is 5.92 Å². The number of primary amides is 1. The zero-order chi connectivity index (χ0) is 15.6. The van der Waals surface area contributed by atoms with Crippen molar-refractivity contribution in [2.24, 2.45) is 11.7 Å². The zero-order valence-corrected chi connectivity index (χ0v) is 13.1. The van der Waals surface area contributed by atoms with Crippen LogP contribution in [0.1, 0.15) is 48.7 Å². The number of nitrogens with two attached hydrogens (primary N) is 1. The Morgan fingerprint density at radius 3 is 2.48 bits per heavy atom. The molecule has 0 unspecified atom stereocenters. The molecule has 2 heterocycles. The van der Waals surface area contributed by atoms with E-state index < -0.39 is 0 Å². The van der Waals surface area contributed by atoms with Crippen molar-refractivity contribution in [3.8, 4) is 0 Å². The van der Waals surface area contributed by atoms with Crippen LogP contribution in [0.3, 0.4) is 0 Å². The molecular weight excluding hydrogens is 290 g/mol. The molecule has 6 heteroatoms. The summed E-state index contributed by atoms with van der Waals surface area (Å²) in [7, 11) is 0. The number of hydrogen-bond donors (Lipinski definition) is 1. The number of pyridine rings is 1. The van der Waals surface area contributed by atoms with Gasteiger partial charge in [-0.25, -0.2) is 4.98 Å². The predicted octanol–water partition coefficient (Wildman–Crippen LogP) is 2.20. The molecule has 0 bridgehead atoms. The molecule has 0 radical (unpaired) electrons. The van der Waals surface area contributed by atoms with E-state index in [2.05, 4.69) is 4.98 Å². The van der Waals surface area contributed by atoms with Crippen molar-refractivity contribution in [3.63, 3.8) is 0 Å². The van der Waals surface area contributed by atoms with Gasteiger partial charge in [-0.05, 0) is 30.9 Å². The smallest absolute Gasteiger partial charge is 0.254 e. The van der Waals surface area contributed by atoms with E-state index in [4.69, 9.17) is 17.3 Å². The van der Waals surface area contributed by atoms with Crippen molar-refractivity contribution >= 4 is 23.4 Å². The van der Waals surface area contributed by atoms with Crippen LogP contribution < -0.4 is 5.73 Å². The Labute approximate surface area is 129 Å². The number of carbonyl (C=O) groups is 2. The number of carbonyl (C=O) groups excluding carboxylic acids is 2. The molecule has 0 aromatic carbocycles. The molecule has 0 atom stereocenters. The number of nitrogens with zero attached hydrogens (tertiary/aromatic N) is 2. The fourth-order valence-electron chi connectivity index (χ4n) is 2.49. The van der Waals surface area contributed by atoms with Crippen LogP contribution in [-0.4, -0.2) is 34.8 Å². The highest BCUT2D eigenvalue weighted by Crippen LogP contribution is 2.22. The number of aromatic nitrogens is 1. The molecule has 2 amide bonds. The maximum absolute atomic E-state index is 12.5. The summed E-state index contributed by atoms with van der Waals surface area (Å²) in [5.41, 5.74) is 6.66. The van der Waals surface area contributed by atoms with Crippen molar-refractivity contribution in [2.75, 3.05) is 13.1 Å². The number of halogens is 1. The molecule has 21 heavy (non-hydrogen) atoms. The minimum Gasteiger partial charge on any atom is -0.369 e. The highest BCUT2D eigenvalue weighted by Gasteiger charge is 2.26. The molecule has 114 valence electrons. The average molecular weight is 310 g/mol. The largest absolute Gasteiger partial charge is 0.369 e. The van der Waals surface area contributed by atoms with Crippen molar-refractivity contribution in [2.45, 2.75) is 32.6 Å². The van der Waals surface area contributed by atoms with Crippen LogP contribution in [0.25, 0.3) is 0 Å². The highest BCUT2D eigenvalue weighted by molar-refractivity contribution is 6.29. The molecule has 0 saturated carbocycles. The van der Waals surface area contributed by atoms with Crippen molar-refractivity contribution in [3.05, 3.63) is 28.5 Å². The Balaban J connectivity index is 2.12. The van der Waals surface area contributed by atoms with Crippen LogP contribution in [0.4, 0.5) is 0 Å². The fraction of sp³-hybridized carbons (Fsp3) is 0.533. The lowest BCUT2D eigenvalue weighted by Gasteiger charge is -2.30. The lowest BCUT2D eigenvalue weighted by atomic mass is 9.96. The first kappa shape index (κ1) is 15.8. The number of amides is 2. The van der Waals surface area contributed by atoms with E-state index in [0.717, 1.165) is 5.69 Å². The van der Waals surface area contributed by atoms with Gasteiger partial charge in [0.05, 0.1) is 0 Å². The molecule has 1 aliphatic rings. The van der Waals surface area contributed by atoms with Gasteiger partial charge in [0.15, 0.2) is 0 Å². The van der Waals surface area contributed by atoms with Gasteiger partial charge in [0.25, 0.3) is 5.91 Å². The Kier molecular flexibility index (Phi) is 4.83. The second kappa shape index (κ2) is 6.43. The molecule has 0 aliphatic carbocycles. The second-order valence-electron chi connectivity index (χ2n) is 5.73. The number of hydrogen-bond acceptors (Lipinski definition) is 3. The minimum absolute atomic E-state index is 0.0656. The van der Waals surface area contributed by atoms with E-state index in [-0.39, 0.29) is 23.7 Å². The van der Waals surface area contributed by atoms with Gasteiger partial charge < -0.3 is 10.6 Å². The molecule has 2 N–H and O–H groups in total. The quantitative estimate of drug-likeness (QED) is 0.870. The molecule has 0 spiro atoms. The first-order valence-corrected chi connectivity index (χ1v) is 7.52. The van der Waals surface area contributed by atoms with Gasteiger partial charge in [0.2, 0.25) is 5.91 Å². The third-order valence-electron chi connectivity index (χ3n) is 3.84. The van der Waals surface area contributed by atoms with E-state index >= 15 is 0 Å². The van der Waals surface area contributed by atoms with Crippen molar-refractivity contribution in [1.29, 1.82) is 0 Å². The molecule has 1 aromatic heterocycles. The van der Waals surface area contributed by atoms with Gasteiger partial charge in [-0.2, -0.15) is 0 Å². The summed E-state index contributed by atoms with van der Waals surface area (Å²) >= 11 is 6.00. The number of piperidine rings is 1. The SMILES string of the molecule is CC(C)c1cc(C(=O)N2CCC(C(N)=O)CC2)cc(Cl)n1. The number of rotatable bonds is 3. The predicted molar refractivity (Wildman–Crippen MR) is 81.2 cm³/mol. The monoisotopic (exact) mass is 309 g/mol. The summed E-state index contributed by atoms with van der Waals surface area (Å²) in [6.45, 7) is 5.10. The first-order valence-electron chi connectivity index (χ1n) is 7.14. The second-order valence-corrected chi connectivity index (χ2v) is 6.11.